The number of hydrogen-bond acceptors (Lipinski definition) is 9. The van der Waals surface area contributed by atoms with Gasteiger partial charge in [-0.05, 0) is 62.7 Å². The molecule has 0 amide bonds. The van der Waals surface area contributed by atoms with E-state index in [9.17, 15) is 14.4 Å². The van der Waals surface area contributed by atoms with Gasteiger partial charge in [0.1, 0.15) is 11.6 Å². The largest absolute Gasteiger partial charge is 0.469 e. The molecule has 0 aliphatic rings. The van der Waals surface area contributed by atoms with E-state index in [0.717, 1.165) is 21.7 Å². The van der Waals surface area contributed by atoms with Gasteiger partial charge >= 0.3 is 17.3 Å². The van der Waals surface area contributed by atoms with E-state index in [-0.39, 0.29) is 18.7 Å². The van der Waals surface area contributed by atoms with E-state index in [1.165, 1.54) is 11.7 Å². The Kier molecular flexibility index (Phi) is 7.93. The predicted molar refractivity (Wildman–Crippen MR) is 142 cm³/mol. The summed E-state index contributed by atoms with van der Waals surface area (Å²) in [5, 5.41) is 0.962. The van der Waals surface area contributed by atoms with Gasteiger partial charge in [-0.3, -0.25) is 14.3 Å². The molecule has 0 bridgehead atoms. The number of carbonyl (C=O) groups excluding carboxylic acids is 1. The Balaban J connectivity index is 1.76. The Morgan fingerprint density at radius 2 is 1.79 bits per heavy atom. The van der Waals surface area contributed by atoms with Gasteiger partial charge in [-0.15, -0.1) is 0 Å². The molecule has 0 aliphatic heterocycles. The second kappa shape index (κ2) is 11.2. The van der Waals surface area contributed by atoms with Crippen molar-refractivity contribution in [2.24, 2.45) is 10.4 Å². The van der Waals surface area contributed by atoms with Crippen LogP contribution in [0.25, 0.3) is 0 Å². The molecule has 0 saturated carbocycles. The van der Waals surface area contributed by atoms with Crippen LogP contribution in [0.15, 0.2) is 63.1 Å². The lowest BCUT2D eigenvalue weighted by molar-refractivity contribution is -0.151. The first-order valence-electron chi connectivity index (χ1n) is 11.5. The molecular formula is C25H25ClN6O5S. The van der Waals surface area contributed by atoms with Crippen molar-refractivity contribution in [2.75, 3.05) is 7.11 Å². The maximum absolute atomic E-state index is 13.6. The monoisotopic (exact) mass is 556 g/mol. The molecule has 2 aromatic carbocycles. The van der Waals surface area contributed by atoms with Crippen LogP contribution in [-0.4, -0.2) is 36.6 Å². The third kappa shape index (κ3) is 6.26. The molecule has 38 heavy (non-hydrogen) atoms. The van der Waals surface area contributed by atoms with E-state index in [0.29, 0.717) is 27.5 Å². The molecule has 2 aromatic heterocycles. The maximum Gasteiger partial charge on any atom is 0.335 e. The number of aromatic amines is 1. The maximum atomic E-state index is 13.6. The van der Waals surface area contributed by atoms with Crippen molar-refractivity contribution in [3.05, 3.63) is 91.5 Å². The Labute approximate surface area is 226 Å². The minimum atomic E-state index is -1.12. The van der Waals surface area contributed by atoms with Gasteiger partial charge in [0, 0.05) is 23.1 Å². The first-order valence-corrected chi connectivity index (χ1v) is 12.6. The summed E-state index contributed by atoms with van der Waals surface area (Å²) in [5.41, 5.74) is -1.19. The van der Waals surface area contributed by atoms with Crippen LogP contribution in [0.5, 0.6) is 10.9 Å². The second-order valence-corrected chi connectivity index (χ2v) is 10.2. The van der Waals surface area contributed by atoms with Gasteiger partial charge in [0.25, 0.3) is 5.19 Å². The van der Waals surface area contributed by atoms with E-state index < -0.39 is 22.8 Å². The van der Waals surface area contributed by atoms with Gasteiger partial charge in [0.05, 0.1) is 24.8 Å². The number of aromatic nitrogens is 5. The number of halogens is 1. The molecule has 2 heterocycles. The molecule has 0 spiro atoms. The molecule has 1 N–H and O–H groups in total. The first-order chi connectivity index (χ1) is 18.1. The number of benzene rings is 2. The number of aryl methyl sites for hydroxylation is 1. The number of hydrogen-bond donors (Lipinski definition) is 1. The van der Waals surface area contributed by atoms with Crippen molar-refractivity contribution in [1.82, 2.24) is 23.5 Å². The quantitative estimate of drug-likeness (QED) is 0.329. The SMILES string of the molecule is COC(=O)C(C)(C)Cn1c(=O)[nH]/c(=N\c2ccc(Oc3nc(C)ns3)cc2)n(Cc2ccc(Cl)cc2)c1=O. The zero-order valence-electron chi connectivity index (χ0n) is 21.1. The highest BCUT2D eigenvalue weighted by Crippen LogP contribution is 2.25. The minimum Gasteiger partial charge on any atom is -0.469 e. The number of rotatable bonds is 8. The summed E-state index contributed by atoms with van der Waals surface area (Å²) in [6.07, 6.45) is 0. The Hall–Kier alpha value is -4.03. The van der Waals surface area contributed by atoms with E-state index >= 15 is 0 Å². The Morgan fingerprint density at radius 3 is 2.39 bits per heavy atom. The normalized spacial score (nSPS) is 12.0. The van der Waals surface area contributed by atoms with E-state index in [1.807, 2.05) is 0 Å². The molecule has 11 nitrogen and oxygen atoms in total. The second-order valence-electron chi connectivity index (χ2n) is 9.03. The molecule has 0 aliphatic carbocycles. The summed E-state index contributed by atoms with van der Waals surface area (Å²) in [7, 11) is 1.25. The van der Waals surface area contributed by atoms with Crippen molar-refractivity contribution >= 4 is 34.8 Å². The number of carbonyl (C=O) groups is 1. The highest BCUT2D eigenvalue weighted by Gasteiger charge is 2.31. The molecule has 0 fully saturated rings. The molecule has 198 valence electrons. The Morgan fingerprint density at radius 1 is 1.11 bits per heavy atom. The molecule has 4 aromatic rings. The topological polar surface area (TPSA) is 133 Å². The standard InChI is InChI=1S/C25H25ClN6O5S/c1-15-27-23(38-30-15)37-19-11-9-18(10-12-19)28-21-29-22(34)32(14-25(2,3)20(33)36-4)24(35)31(21)13-16-5-7-17(26)8-6-16/h5-12H,13-14H2,1-4H3,(H,28,29,34). The highest BCUT2D eigenvalue weighted by molar-refractivity contribution is 7.07. The summed E-state index contributed by atoms with van der Waals surface area (Å²) in [4.78, 5) is 50.1. The summed E-state index contributed by atoms with van der Waals surface area (Å²) in [6, 6.07) is 13.7. The van der Waals surface area contributed by atoms with Crippen LogP contribution in [0.1, 0.15) is 25.2 Å². The van der Waals surface area contributed by atoms with E-state index in [1.54, 1.807) is 69.3 Å². The van der Waals surface area contributed by atoms with Crippen LogP contribution < -0.4 is 21.7 Å². The number of nitrogens with zero attached hydrogens (tertiary/aromatic N) is 5. The highest BCUT2D eigenvalue weighted by atomic mass is 35.5. The zero-order valence-corrected chi connectivity index (χ0v) is 22.7. The van der Waals surface area contributed by atoms with Gasteiger partial charge in [-0.1, -0.05) is 23.7 Å². The average Bonchev–Trinajstić information content (AvgIpc) is 3.30. The summed E-state index contributed by atoms with van der Waals surface area (Å²) in [6.45, 7) is 4.88. The zero-order chi connectivity index (χ0) is 27.4. The number of nitrogens with one attached hydrogen (secondary N) is 1. The molecule has 4 rings (SSSR count). The lowest BCUT2D eigenvalue weighted by Gasteiger charge is -2.22. The molecule has 0 radical (unpaired) electrons. The lowest BCUT2D eigenvalue weighted by atomic mass is 9.94. The fourth-order valence-electron chi connectivity index (χ4n) is 3.56. The summed E-state index contributed by atoms with van der Waals surface area (Å²) in [5.74, 6) is 0.603. The fraction of sp³-hybridized carbons (Fsp3) is 0.280. The van der Waals surface area contributed by atoms with Crippen molar-refractivity contribution < 1.29 is 14.3 Å². The van der Waals surface area contributed by atoms with E-state index in [2.05, 4.69) is 19.3 Å². The van der Waals surface area contributed by atoms with Crippen molar-refractivity contribution in [3.8, 4) is 10.9 Å². The molecule has 0 unspecified atom stereocenters. The lowest BCUT2D eigenvalue weighted by Crippen LogP contribution is -2.52. The predicted octanol–water partition coefficient (Wildman–Crippen LogP) is 3.42. The molecule has 13 heteroatoms. The molecular weight excluding hydrogens is 532 g/mol. The third-order valence-corrected chi connectivity index (χ3v) is 6.45. The van der Waals surface area contributed by atoms with Crippen molar-refractivity contribution in [1.29, 1.82) is 0 Å². The van der Waals surface area contributed by atoms with Gasteiger partial charge in [0.2, 0.25) is 5.62 Å². The van der Waals surface area contributed by atoms with E-state index in [4.69, 9.17) is 21.1 Å². The van der Waals surface area contributed by atoms with Crippen LogP contribution in [0.4, 0.5) is 5.69 Å². The number of H-pyrrole nitrogens is 1. The third-order valence-electron chi connectivity index (χ3n) is 5.51. The van der Waals surface area contributed by atoms with Crippen LogP contribution in [0.2, 0.25) is 5.02 Å². The van der Waals surface area contributed by atoms with Gasteiger partial charge < -0.3 is 9.47 Å². The van der Waals surface area contributed by atoms with Gasteiger partial charge in [0.15, 0.2) is 0 Å². The first kappa shape index (κ1) is 27.0. The van der Waals surface area contributed by atoms with Crippen LogP contribution >= 0.6 is 23.1 Å². The van der Waals surface area contributed by atoms with Crippen LogP contribution in [0, 0.1) is 12.3 Å². The van der Waals surface area contributed by atoms with Gasteiger partial charge in [-0.2, -0.15) is 9.36 Å². The average molecular weight is 557 g/mol. The molecule has 0 saturated heterocycles. The molecule has 0 atom stereocenters. The van der Waals surface area contributed by atoms with Crippen LogP contribution in [-0.2, 0) is 22.6 Å². The van der Waals surface area contributed by atoms with Gasteiger partial charge in [-0.25, -0.2) is 19.1 Å². The summed E-state index contributed by atoms with van der Waals surface area (Å²) < 4.78 is 16.9. The number of methoxy groups -OCH3 is 1. The van der Waals surface area contributed by atoms with Crippen molar-refractivity contribution in [3.63, 3.8) is 0 Å². The Bertz CT molecular complexity index is 1630. The minimum absolute atomic E-state index is 0.0375. The smallest absolute Gasteiger partial charge is 0.335 e. The van der Waals surface area contributed by atoms with Crippen LogP contribution in [0.3, 0.4) is 0 Å². The summed E-state index contributed by atoms with van der Waals surface area (Å²) >= 11 is 7.15. The van der Waals surface area contributed by atoms with Crippen molar-refractivity contribution in [2.45, 2.75) is 33.9 Å². The fourth-order valence-corrected chi connectivity index (χ4v) is 4.25. The number of ether oxygens (including phenoxy) is 2. The number of esters is 1.